The SMILES string of the molecule is CCCCNC(=NCC(=O)N(C)C)NCCN(C)CCCOC. The van der Waals surface area contributed by atoms with Crippen molar-refractivity contribution < 1.29 is 9.53 Å². The number of aliphatic imine (C=N–C) groups is 1. The molecule has 0 atom stereocenters. The van der Waals surface area contributed by atoms with Gasteiger partial charge in [0.1, 0.15) is 6.54 Å². The Hall–Kier alpha value is -1.34. The van der Waals surface area contributed by atoms with Crippen LogP contribution in [0.15, 0.2) is 4.99 Å². The molecule has 0 aromatic heterocycles. The molecule has 0 bridgehead atoms. The smallest absolute Gasteiger partial charge is 0.243 e. The number of rotatable bonds is 12. The molecular formula is C16H35N5O2. The van der Waals surface area contributed by atoms with Gasteiger partial charge in [-0.25, -0.2) is 4.99 Å². The molecule has 1 amide bonds. The number of unbranched alkanes of at least 4 members (excludes halogenated alkanes) is 1. The van der Waals surface area contributed by atoms with E-state index in [4.69, 9.17) is 4.74 Å². The number of hydrogen-bond donors (Lipinski definition) is 2. The van der Waals surface area contributed by atoms with E-state index in [1.54, 1.807) is 26.1 Å². The second-order valence-corrected chi connectivity index (χ2v) is 5.81. The van der Waals surface area contributed by atoms with Crippen LogP contribution in [-0.4, -0.2) is 89.3 Å². The zero-order valence-electron chi connectivity index (χ0n) is 15.5. The molecule has 0 aromatic rings. The van der Waals surface area contributed by atoms with Crippen LogP contribution in [0.2, 0.25) is 0 Å². The van der Waals surface area contributed by atoms with Gasteiger partial charge in [0.05, 0.1) is 0 Å². The van der Waals surface area contributed by atoms with Crippen LogP contribution in [0.1, 0.15) is 26.2 Å². The van der Waals surface area contributed by atoms with E-state index in [1.807, 2.05) is 0 Å². The Labute approximate surface area is 141 Å². The van der Waals surface area contributed by atoms with Crippen LogP contribution in [0.3, 0.4) is 0 Å². The van der Waals surface area contributed by atoms with E-state index in [-0.39, 0.29) is 12.5 Å². The van der Waals surface area contributed by atoms with Gasteiger partial charge in [-0.05, 0) is 19.9 Å². The lowest BCUT2D eigenvalue weighted by molar-refractivity contribution is -0.127. The Kier molecular flexibility index (Phi) is 13.4. The Balaban J connectivity index is 4.19. The summed E-state index contributed by atoms with van der Waals surface area (Å²) in [5.74, 6) is 0.706. The summed E-state index contributed by atoms with van der Waals surface area (Å²) >= 11 is 0. The highest BCUT2D eigenvalue weighted by molar-refractivity contribution is 5.84. The Morgan fingerprint density at radius 1 is 1.09 bits per heavy atom. The van der Waals surface area contributed by atoms with Crippen LogP contribution in [0, 0.1) is 0 Å². The maximum Gasteiger partial charge on any atom is 0.243 e. The van der Waals surface area contributed by atoms with Crippen LogP contribution >= 0.6 is 0 Å². The molecule has 136 valence electrons. The molecular weight excluding hydrogens is 294 g/mol. The number of likely N-dealkylation sites (N-methyl/N-ethyl adjacent to an activating group) is 2. The Morgan fingerprint density at radius 3 is 2.39 bits per heavy atom. The molecule has 0 radical (unpaired) electrons. The fourth-order valence-corrected chi connectivity index (χ4v) is 1.80. The number of guanidine groups is 1. The van der Waals surface area contributed by atoms with Gasteiger partial charge in [-0.15, -0.1) is 0 Å². The molecule has 0 aliphatic carbocycles. The van der Waals surface area contributed by atoms with Gasteiger partial charge in [-0.3, -0.25) is 4.79 Å². The zero-order chi connectivity index (χ0) is 17.5. The van der Waals surface area contributed by atoms with Crippen LogP contribution in [0.25, 0.3) is 0 Å². The molecule has 7 heteroatoms. The molecule has 0 spiro atoms. The van der Waals surface area contributed by atoms with E-state index in [9.17, 15) is 4.79 Å². The largest absolute Gasteiger partial charge is 0.385 e. The lowest BCUT2D eigenvalue weighted by Crippen LogP contribution is -2.42. The topological polar surface area (TPSA) is 69.2 Å². The summed E-state index contributed by atoms with van der Waals surface area (Å²) in [7, 11) is 7.30. The van der Waals surface area contributed by atoms with Crippen LogP contribution < -0.4 is 10.6 Å². The van der Waals surface area contributed by atoms with Crippen molar-refractivity contribution in [3.63, 3.8) is 0 Å². The predicted octanol–water partition coefficient (Wildman–Crippen LogP) is 0.378. The predicted molar refractivity (Wildman–Crippen MR) is 95.9 cm³/mol. The van der Waals surface area contributed by atoms with Crippen LogP contribution in [-0.2, 0) is 9.53 Å². The minimum absolute atomic E-state index is 0.00160. The van der Waals surface area contributed by atoms with Crippen molar-refractivity contribution in [2.24, 2.45) is 4.99 Å². The summed E-state index contributed by atoms with van der Waals surface area (Å²) in [6, 6.07) is 0. The number of carbonyl (C=O) groups is 1. The van der Waals surface area contributed by atoms with Gasteiger partial charge < -0.3 is 25.2 Å². The molecule has 0 fully saturated rings. The molecule has 23 heavy (non-hydrogen) atoms. The summed E-state index contributed by atoms with van der Waals surface area (Å²) in [5.41, 5.74) is 0. The second-order valence-electron chi connectivity index (χ2n) is 5.81. The van der Waals surface area contributed by atoms with Crippen LogP contribution in [0.5, 0.6) is 0 Å². The Morgan fingerprint density at radius 2 is 1.78 bits per heavy atom. The number of amides is 1. The van der Waals surface area contributed by atoms with Gasteiger partial charge in [0.2, 0.25) is 5.91 Å². The molecule has 0 saturated heterocycles. The second kappa shape index (κ2) is 14.3. The standard InChI is InChI=1S/C16H35N5O2/c1-6-7-9-17-16(19-14-15(22)20(2)3)18-10-12-21(4)11-8-13-23-5/h6-14H2,1-5H3,(H2,17,18,19). The highest BCUT2D eigenvalue weighted by Crippen LogP contribution is 1.88. The van der Waals surface area contributed by atoms with Crippen molar-refractivity contribution in [1.82, 2.24) is 20.4 Å². The molecule has 0 saturated carbocycles. The van der Waals surface area contributed by atoms with Gasteiger partial charge in [0.25, 0.3) is 0 Å². The zero-order valence-corrected chi connectivity index (χ0v) is 15.5. The molecule has 0 aliphatic heterocycles. The lowest BCUT2D eigenvalue weighted by Gasteiger charge is -2.18. The average molecular weight is 329 g/mol. The third kappa shape index (κ3) is 12.9. The van der Waals surface area contributed by atoms with Gasteiger partial charge in [-0.2, -0.15) is 0 Å². The maximum atomic E-state index is 11.6. The number of nitrogens with one attached hydrogen (secondary N) is 2. The van der Waals surface area contributed by atoms with Gasteiger partial charge in [0, 0.05) is 54.0 Å². The first kappa shape index (κ1) is 21.7. The maximum absolute atomic E-state index is 11.6. The number of ether oxygens (including phenoxy) is 1. The monoisotopic (exact) mass is 329 g/mol. The fraction of sp³-hybridized carbons (Fsp3) is 0.875. The van der Waals surface area contributed by atoms with Crippen molar-refractivity contribution in [3.8, 4) is 0 Å². The average Bonchev–Trinajstić information content (AvgIpc) is 2.52. The molecule has 0 aliphatic rings. The molecule has 0 aromatic carbocycles. The van der Waals surface area contributed by atoms with Crippen LogP contribution in [0.4, 0.5) is 0 Å². The number of methoxy groups -OCH3 is 1. The minimum Gasteiger partial charge on any atom is -0.385 e. The quantitative estimate of drug-likeness (QED) is 0.308. The third-order valence-corrected chi connectivity index (χ3v) is 3.37. The highest BCUT2D eigenvalue weighted by Gasteiger charge is 2.05. The molecule has 0 unspecified atom stereocenters. The van der Waals surface area contributed by atoms with E-state index in [0.29, 0.717) is 5.96 Å². The summed E-state index contributed by atoms with van der Waals surface area (Å²) in [6.07, 6.45) is 3.23. The van der Waals surface area contributed by atoms with E-state index in [2.05, 4.69) is 34.5 Å². The van der Waals surface area contributed by atoms with Crippen molar-refractivity contribution in [1.29, 1.82) is 0 Å². The Bertz CT molecular complexity index is 334. The number of carbonyl (C=O) groups excluding carboxylic acids is 1. The molecule has 2 N–H and O–H groups in total. The fourth-order valence-electron chi connectivity index (χ4n) is 1.80. The molecule has 0 heterocycles. The molecule has 7 nitrogen and oxygen atoms in total. The third-order valence-electron chi connectivity index (χ3n) is 3.37. The van der Waals surface area contributed by atoms with Gasteiger partial charge in [0.15, 0.2) is 5.96 Å². The normalized spacial score (nSPS) is 11.7. The van der Waals surface area contributed by atoms with E-state index in [1.165, 1.54) is 0 Å². The van der Waals surface area contributed by atoms with Crippen molar-refractivity contribution in [2.75, 3.05) is 67.6 Å². The first-order chi connectivity index (χ1) is 11.0. The summed E-state index contributed by atoms with van der Waals surface area (Å²) < 4.78 is 5.06. The minimum atomic E-state index is -0.00160. The van der Waals surface area contributed by atoms with Crippen molar-refractivity contribution in [3.05, 3.63) is 0 Å². The highest BCUT2D eigenvalue weighted by atomic mass is 16.5. The van der Waals surface area contributed by atoms with Gasteiger partial charge >= 0.3 is 0 Å². The lowest BCUT2D eigenvalue weighted by atomic mass is 10.3. The first-order valence-electron chi connectivity index (χ1n) is 8.41. The van der Waals surface area contributed by atoms with E-state index in [0.717, 1.165) is 52.0 Å². The molecule has 0 rings (SSSR count). The van der Waals surface area contributed by atoms with Crippen molar-refractivity contribution in [2.45, 2.75) is 26.2 Å². The summed E-state index contributed by atoms with van der Waals surface area (Å²) in [6.45, 7) is 6.67. The summed E-state index contributed by atoms with van der Waals surface area (Å²) in [4.78, 5) is 19.8. The first-order valence-corrected chi connectivity index (χ1v) is 8.41. The van der Waals surface area contributed by atoms with E-state index < -0.39 is 0 Å². The van der Waals surface area contributed by atoms with Crippen molar-refractivity contribution >= 4 is 11.9 Å². The van der Waals surface area contributed by atoms with Gasteiger partial charge in [-0.1, -0.05) is 13.3 Å². The number of nitrogens with zero attached hydrogens (tertiary/aromatic N) is 3. The summed E-state index contributed by atoms with van der Waals surface area (Å²) in [5, 5.41) is 6.56. The number of hydrogen-bond acceptors (Lipinski definition) is 4. The van der Waals surface area contributed by atoms with E-state index >= 15 is 0 Å².